The van der Waals surface area contributed by atoms with Crippen LogP contribution in [-0.4, -0.2) is 140 Å². The molecule has 2 aliphatic heterocycles. The van der Waals surface area contributed by atoms with Crippen molar-refractivity contribution in [1.29, 1.82) is 0 Å². The number of benzene rings is 2. The number of thioether (sulfide) groups is 4. The van der Waals surface area contributed by atoms with Gasteiger partial charge in [-0.15, -0.1) is 47.0 Å². The van der Waals surface area contributed by atoms with Crippen LogP contribution in [0.2, 0.25) is 0 Å². The zero-order valence-corrected chi connectivity index (χ0v) is 59.1. The third kappa shape index (κ3) is 18.9. The lowest BCUT2D eigenvalue weighted by molar-refractivity contribution is -0.698. The van der Waals surface area contributed by atoms with Crippen molar-refractivity contribution in [3.05, 3.63) is 170 Å². The Bertz CT molecular complexity index is 3730. The predicted octanol–water partition coefficient (Wildman–Crippen LogP) is 12.0. The largest absolute Gasteiger partial charge is 0.490 e. The van der Waals surface area contributed by atoms with Crippen LogP contribution in [0, 0.1) is 0 Å². The van der Waals surface area contributed by atoms with E-state index in [4.69, 9.17) is 67.8 Å². The molecule has 0 saturated heterocycles. The van der Waals surface area contributed by atoms with Crippen molar-refractivity contribution >= 4 is 111 Å². The molecular formula is C72H86N12O8S4+4. The second-order valence-corrected chi connectivity index (χ2v) is 27.9. The maximum Gasteiger partial charge on any atom is 0.171 e. The fourth-order valence-electron chi connectivity index (χ4n) is 10.6. The quantitative estimate of drug-likeness (QED) is 0.0277. The first kappa shape index (κ1) is 69.7. The van der Waals surface area contributed by atoms with Gasteiger partial charge in [0.2, 0.25) is 0 Å². The molecule has 0 aliphatic carbocycles. The van der Waals surface area contributed by atoms with E-state index >= 15 is 0 Å². The fraction of sp³-hybridized carbons (Fsp3) is 0.389. The number of fused-ring (bicyclic) bond motifs is 14. The lowest BCUT2D eigenvalue weighted by atomic mass is 10.1. The molecule has 0 unspecified atom stereocenters. The van der Waals surface area contributed by atoms with Gasteiger partial charge in [0, 0.05) is 71.5 Å². The number of aromatic amines is 2. The normalized spacial score (nSPS) is 12.6. The zero-order chi connectivity index (χ0) is 66.6. The summed E-state index contributed by atoms with van der Waals surface area (Å²) in [7, 11) is 0. The molecule has 11 rings (SSSR count). The van der Waals surface area contributed by atoms with E-state index in [9.17, 15) is 0 Å². The molecule has 0 radical (unpaired) electrons. The molecule has 502 valence electrons. The third-order valence-electron chi connectivity index (χ3n) is 14.6. The molecule has 0 saturated carbocycles. The van der Waals surface area contributed by atoms with E-state index in [0.29, 0.717) is 192 Å². The van der Waals surface area contributed by atoms with E-state index in [1.807, 2.05) is 202 Å². The number of aromatic nitrogens is 12. The van der Waals surface area contributed by atoms with Crippen LogP contribution in [0.1, 0.15) is 78.7 Å². The standard InChI is InChI=1S/C72H86N12O8S4/c1-49(2)89-53-21-22-54(90-50(3)4)58-57(53)65-73-66(58)76-70-63(95-47-43-87-39-35-83-29-17-11-18-30-83)64(96-48-44-88-40-36-84-31-19-12-20-32-84)72(80-70)78-68-60-56(92-52(7)8)24-23-55(91-51(5)6)59(60)67(74-68)77-71-62(94-46-42-86-38-34-82-27-15-10-16-28-82)61(69(75-65)79-71)93-45-41-85-37-33-81-25-13-9-14-26-81/h9-32,49-52H,33-48H2,1-8H3,(H2,73,74,75,76,77,78,79,80)/q+4. The van der Waals surface area contributed by atoms with Gasteiger partial charge in [0.1, 0.15) is 72.0 Å². The maximum atomic E-state index is 6.74. The number of hydrogen-bond acceptors (Lipinski definition) is 18. The van der Waals surface area contributed by atoms with E-state index < -0.39 is 0 Å². The Morgan fingerprint density at radius 1 is 0.302 bits per heavy atom. The number of nitrogens with one attached hydrogen (secondary N) is 2. The monoisotopic (exact) mass is 1370 g/mol. The highest BCUT2D eigenvalue weighted by molar-refractivity contribution is 8.14. The van der Waals surface area contributed by atoms with Crippen molar-refractivity contribution in [2.24, 2.45) is 0 Å². The lowest BCUT2D eigenvalue weighted by Crippen LogP contribution is -2.34. The minimum absolute atomic E-state index is 0.199. The second-order valence-electron chi connectivity index (χ2n) is 23.5. The van der Waals surface area contributed by atoms with Crippen LogP contribution in [0.4, 0.5) is 0 Å². The number of H-pyrrole nitrogens is 2. The van der Waals surface area contributed by atoms with Crippen molar-refractivity contribution in [3.8, 4) is 23.0 Å². The first-order valence-corrected chi connectivity index (χ1v) is 36.8. The summed E-state index contributed by atoms with van der Waals surface area (Å²) in [6.07, 6.45) is 15.6. The van der Waals surface area contributed by atoms with Crippen LogP contribution in [0.15, 0.2) is 147 Å². The number of rotatable bonds is 36. The van der Waals surface area contributed by atoms with Crippen LogP contribution < -0.4 is 37.2 Å². The molecular weight excluding hydrogens is 1290 g/mol. The zero-order valence-electron chi connectivity index (χ0n) is 55.9. The molecule has 2 aromatic carbocycles. The molecule has 20 nitrogen and oxygen atoms in total. The van der Waals surface area contributed by atoms with Gasteiger partial charge < -0.3 is 47.9 Å². The van der Waals surface area contributed by atoms with Crippen LogP contribution in [0.3, 0.4) is 0 Å². The Labute approximate surface area is 578 Å². The van der Waals surface area contributed by atoms with E-state index in [2.05, 4.69) is 28.2 Å². The Kier molecular flexibility index (Phi) is 25.4. The first-order valence-electron chi connectivity index (χ1n) is 32.8. The van der Waals surface area contributed by atoms with E-state index in [-0.39, 0.29) is 24.4 Å². The average molecular weight is 1380 g/mol. The van der Waals surface area contributed by atoms with Crippen molar-refractivity contribution in [2.75, 3.05) is 75.9 Å². The lowest BCUT2D eigenvalue weighted by Gasteiger charge is -2.15. The molecule has 9 aromatic rings. The summed E-state index contributed by atoms with van der Waals surface area (Å²) in [4.78, 5) is 44.2. The maximum absolute atomic E-state index is 6.74. The average Bonchev–Trinajstić information content (AvgIpc) is 1.59. The number of ether oxygens (including phenoxy) is 8. The van der Waals surface area contributed by atoms with Gasteiger partial charge in [-0.1, -0.05) is 24.3 Å². The van der Waals surface area contributed by atoms with Crippen molar-refractivity contribution in [2.45, 2.75) is 106 Å². The van der Waals surface area contributed by atoms with Gasteiger partial charge in [-0.05, 0) is 79.7 Å². The summed E-state index contributed by atoms with van der Waals surface area (Å²) in [6, 6.07) is 32.0. The van der Waals surface area contributed by atoms with E-state index in [0.717, 1.165) is 19.6 Å². The highest BCUT2D eigenvalue weighted by atomic mass is 32.2. The Morgan fingerprint density at radius 3 is 0.729 bits per heavy atom. The number of hydrogen-bond donors (Lipinski definition) is 2. The molecule has 96 heavy (non-hydrogen) atoms. The minimum atomic E-state index is -0.199. The van der Waals surface area contributed by atoms with Gasteiger partial charge in [0.25, 0.3) is 0 Å². The summed E-state index contributed by atoms with van der Waals surface area (Å²) in [5, 5.41) is 2.69. The first-order chi connectivity index (χ1) is 46.9. The smallest absolute Gasteiger partial charge is 0.171 e. The van der Waals surface area contributed by atoms with Gasteiger partial charge in [-0.2, -0.15) is 0 Å². The molecule has 24 heteroatoms. The molecule has 2 aliphatic rings. The second kappa shape index (κ2) is 35.0. The predicted molar refractivity (Wildman–Crippen MR) is 384 cm³/mol. The van der Waals surface area contributed by atoms with Crippen LogP contribution in [0.5, 0.6) is 23.0 Å². The van der Waals surface area contributed by atoms with Crippen LogP contribution >= 0.6 is 47.0 Å². The molecule has 8 bridgehead atoms. The van der Waals surface area contributed by atoms with Crippen LogP contribution in [-0.2, 0) is 45.1 Å². The van der Waals surface area contributed by atoms with Gasteiger partial charge >= 0.3 is 0 Å². The summed E-state index contributed by atoms with van der Waals surface area (Å²) in [5.74, 6) is 6.49. The Hall–Kier alpha value is -7.68. The van der Waals surface area contributed by atoms with Crippen molar-refractivity contribution in [1.82, 2.24) is 39.9 Å². The van der Waals surface area contributed by atoms with Gasteiger partial charge in [0.05, 0.1) is 92.0 Å². The topological polar surface area (TPSA) is 198 Å². The number of pyridine rings is 4. The Balaban J connectivity index is 1.12. The molecule has 0 atom stereocenters. The summed E-state index contributed by atoms with van der Waals surface area (Å²) in [5.41, 5.74) is 1.86. The summed E-state index contributed by atoms with van der Waals surface area (Å²) in [6.45, 7) is 23.0. The summed E-state index contributed by atoms with van der Waals surface area (Å²) < 4.78 is 60.8. The van der Waals surface area contributed by atoms with E-state index in [1.54, 1.807) is 47.0 Å². The molecule has 7 aromatic heterocycles. The van der Waals surface area contributed by atoms with Gasteiger partial charge in [0.15, 0.2) is 99.1 Å². The SMILES string of the molecule is CC(C)Oc1ccc(OC(C)C)c2c3nc4nc(nc5[nH]c(nc6nc(nc([nH]3)c12)C(SCCOCC[n+]1ccccc1)=C6SCCOCC[n+]1ccccc1)c1c(OC(C)C)ccc(OC(C)C)c51)C(SCCOCC[n+]1ccccc1)=C4SCCOCC[n+]1ccccc1. The van der Waals surface area contributed by atoms with E-state index in [1.165, 1.54) is 0 Å². The minimum Gasteiger partial charge on any atom is -0.490 e. The fourth-order valence-corrected chi connectivity index (χ4v) is 14.7. The Morgan fingerprint density at radius 2 is 0.521 bits per heavy atom. The van der Waals surface area contributed by atoms with Crippen molar-refractivity contribution < 1.29 is 56.2 Å². The summed E-state index contributed by atoms with van der Waals surface area (Å²) >= 11 is 6.50. The van der Waals surface area contributed by atoms with Crippen molar-refractivity contribution in [3.63, 3.8) is 0 Å². The number of nitrogens with zero attached hydrogens (tertiary/aromatic N) is 10. The van der Waals surface area contributed by atoms with Gasteiger partial charge in [-0.3, -0.25) is 0 Å². The van der Waals surface area contributed by atoms with Gasteiger partial charge in [-0.25, -0.2) is 48.2 Å². The third-order valence-corrected chi connectivity index (χ3v) is 19.1. The molecule has 2 N–H and O–H groups in total. The molecule has 0 amide bonds. The molecule has 9 heterocycles. The highest BCUT2D eigenvalue weighted by Gasteiger charge is 2.30. The van der Waals surface area contributed by atoms with Crippen LogP contribution in [0.25, 0.3) is 63.8 Å². The molecule has 0 spiro atoms. The highest BCUT2D eigenvalue weighted by Crippen LogP contribution is 2.48. The molecule has 0 fully saturated rings.